The van der Waals surface area contributed by atoms with Gasteiger partial charge in [0, 0.05) is 5.56 Å². The number of nitrogens with zero attached hydrogens (tertiary/aromatic N) is 4. The average molecular weight is 333 g/mol. The van der Waals surface area contributed by atoms with Crippen LogP contribution in [0, 0.1) is 13.1 Å². The average Bonchev–Trinajstić information content (AvgIpc) is 3.22. The van der Waals surface area contributed by atoms with Crippen LogP contribution >= 0.6 is 0 Å². The van der Waals surface area contributed by atoms with Crippen LogP contribution in [-0.2, 0) is 6.54 Å². The van der Waals surface area contributed by atoms with Crippen LogP contribution in [0.4, 0.5) is 11.4 Å². The zero-order valence-electron chi connectivity index (χ0n) is 13.8. The zero-order valence-corrected chi connectivity index (χ0v) is 13.8. The van der Waals surface area contributed by atoms with E-state index in [2.05, 4.69) is 55.6 Å². The second-order valence-electron chi connectivity index (χ2n) is 6.37. The standard InChI is InChI=1S/C22H13N4/c1-23-19-10-18-14-25-13-17-9-8-16(15-6-4-3-5-7-15)11-21(17)26(25)22(18)12-20(19)24-2/h3-12,14H,13H2/q+1. The van der Waals surface area contributed by atoms with E-state index in [1.54, 1.807) is 0 Å². The van der Waals surface area contributed by atoms with Crippen LogP contribution in [0.5, 0.6) is 0 Å². The van der Waals surface area contributed by atoms with Gasteiger partial charge in [-0.3, -0.25) is 9.69 Å². The number of hydrogen-bond donors (Lipinski definition) is 0. The predicted octanol–water partition coefficient (Wildman–Crippen LogP) is 5.05. The zero-order chi connectivity index (χ0) is 17.7. The van der Waals surface area contributed by atoms with E-state index in [-0.39, 0.29) is 0 Å². The van der Waals surface area contributed by atoms with Gasteiger partial charge in [-0.2, -0.15) is 0 Å². The number of aromatic nitrogens is 2. The Morgan fingerprint density at radius 2 is 1.62 bits per heavy atom. The third-order valence-corrected chi connectivity index (χ3v) is 4.89. The SMILES string of the molecule is [C-]#[N+]c1cc2c[n+]3n(c2cc1[N+]#[C-])-c1cc(-c2ccccc2)ccc1C3. The van der Waals surface area contributed by atoms with Crippen molar-refractivity contribution < 1.29 is 4.68 Å². The Hall–Kier alpha value is -3.89. The van der Waals surface area contributed by atoms with Gasteiger partial charge in [0.15, 0.2) is 17.9 Å². The molecule has 26 heavy (non-hydrogen) atoms. The summed E-state index contributed by atoms with van der Waals surface area (Å²) in [5.74, 6) is 0. The Labute approximate surface area is 150 Å². The highest BCUT2D eigenvalue weighted by Crippen LogP contribution is 2.36. The van der Waals surface area contributed by atoms with Gasteiger partial charge in [0.05, 0.1) is 18.5 Å². The lowest BCUT2D eigenvalue weighted by Crippen LogP contribution is -2.36. The molecule has 4 nitrogen and oxygen atoms in total. The maximum absolute atomic E-state index is 7.37. The summed E-state index contributed by atoms with van der Waals surface area (Å²) in [6, 6.07) is 20.5. The van der Waals surface area contributed by atoms with E-state index in [0.717, 1.165) is 23.1 Å². The van der Waals surface area contributed by atoms with E-state index in [9.17, 15) is 0 Å². The smallest absolute Gasteiger partial charge is 0.202 e. The van der Waals surface area contributed by atoms with Gasteiger partial charge in [-0.1, -0.05) is 42.5 Å². The topological polar surface area (TPSA) is 17.5 Å². The highest BCUT2D eigenvalue weighted by atomic mass is 15.4. The molecule has 1 aromatic heterocycles. The molecule has 0 saturated carbocycles. The molecule has 0 fully saturated rings. The van der Waals surface area contributed by atoms with Gasteiger partial charge in [-0.05, 0) is 29.3 Å². The van der Waals surface area contributed by atoms with Gasteiger partial charge in [-0.25, -0.2) is 0 Å². The van der Waals surface area contributed by atoms with Gasteiger partial charge in [0.25, 0.3) is 0 Å². The summed E-state index contributed by atoms with van der Waals surface area (Å²) in [6.07, 6.45) is 2.06. The number of rotatable bonds is 1. The quantitative estimate of drug-likeness (QED) is 0.302. The molecule has 0 bridgehead atoms. The van der Waals surface area contributed by atoms with Crippen LogP contribution in [0.1, 0.15) is 5.56 Å². The first-order valence-electron chi connectivity index (χ1n) is 8.31. The van der Waals surface area contributed by atoms with Crippen molar-refractivity contribution in [1.29, 1.82) is 0 Å². The first-order valence-corrected chi connectivity index (χ1v) is 8.31. The molecule has 0 saturated heterocycles. The van der Waals surface area contributed by atoms with Crippen molar-refractivity contribution in [3.8, 4) is 16.8 Å². The molecule has 1 aliphatic heterocycles. The molecule has 4 heteroatoms. The van der Waals surface area contributed by atoms with E-state index in [4.69, 9.17) is 13.1 Å². The second kappa shape index (κ2) is 5.31. The molecule has 0 radical (unpaired) electrons. The van der Waals surface area contributed by atoms with Crippen molar-refractivity contribution in [3.05, 3.63) is 95.3 Å². The Kier molecular flexibility index (Phi) is 2.95. The van der Waals surface area contributed by atoms with Gasteiger partial charge in [0.1, 0.15) is 11.2 Å². The van der Waals surface area contributed by atoms with Crippen molar-refractivity contribution in [3.63, 3.8) is 0 Å². The van der Waals surface area contributed by atoms with Gasteiger partial charge in [-0.15, -0.1) is 9.36 Å². The maximum atomic E-state index is 7.37. The minimum Gasteiger partial charge on any atom is -0.250 e. The van der Waals surface area contributed by atoms with Crippen LogP contribution in [-0.4, -0.2) is 4.68 Å². The lowest BCUT2D eigenvalue weighted by Gasteiger charge is -2.04. The largest absolute Gasteiger partial charge is 0.250 e. The van der Waals surface area contributed by atoms with Crippen LogP contribution in [0.2, 0.25) is 0 Å². The van der Waals surface area contributed by atoms with Crippen molar-refractivity contribution in [2.75, 3.05) is 0 Å². The lowest BCUT2D eigenvalue weighted by molar-refractivity contribution is -0.749. The van der Waals surface area contributed by atoms with Crippen molar-refractivity contribution in [2.45, 2.75) is 6.54 Å². The molecular formula is C22H13N4+. The molecule has 5 rings (SSSR count). The summed E-state index contributed by atoms with van der Waals surface area (Å²) in [6.45, 7) is 15.5. The summed E-state index contributed by atoms with van der Waals surface area (Å²) in [5.41, 5.74) is 6.52. The first-order chi connectivity index (χ1) is 12.8. The fourth-order valence-electron chi connectivity index (χ4n) is 3.67. The van der Waals surface area contributed by atoms with Crippen LogP contribution in [0.15, 0.2) is 66.9 Å². The minimum atomic E-state index is 0.404. The predicted molar refractivity (Wildman–Crippen MR) is 101 cm³/mol. The normalized spacial score (nSPS) is 11.6. The monoisotopic (exact) mass is 333 g/mol. The molecule has 0 spiro atoms. The Morgan fingerprint density at radius 1 is 0.846 bits per heavy atom. The maximum Gasteiger partial charge on any atom is 0.202 e. The van der Waals surface area contributed by atoms with Gasteiger partial charge < -0.3 is 0 Å². The van der Waals surface area contributed by atoms with Crippen LogP contribution in [0.25, 0.3) is 37.4 Å². The van der Waals surface area contributed by atoms with Crippen molar-refractivity contribution >= 4 is 22.3 Å². The van der Waals surface area contributed by atoms with Crippen LogP contribution < -0.4 is 4.68 Å². The fourth-order valence-corrected chi connectivity index (χ4v) is 3.67. The number of fused-ring (bicyclic) bond motifs is 5. The third kappa shape index (κ3) is 1.97. The highest BCUT2D eigenvalue weighted by Gasteiger charge is 2.29. The third-order valence-electron chi connectivity index (χ3n) is 4.89. The van der Waals surface area contributed by atoms with Gasteiger partial charge in [0.2, 0.25) is 6.20 Å². The molecule has 0 aliphatic carbocycles. The molecule has 4 aromatic rings. The first kappa shape index (κ1) is 14.5. The van der Waals surface area contributed by atoms with E-state index in [1.807, 2.05) is 30.3 Å². The number of benzene rings is 3. The fraction of sp³-hybridized carbons (Fsp3) is 0.0455. The molecular weight excluding hydrogens is 320 g/mol. The summed E-state index contributed by atoms with van der Waals surface area (Å²) in [5, 5.41) is 0.985. The molecule has 1 aliphatic rings. The molecule has 2 heterocycles. The highest BCUT2D eigenvalue weighted by molar-refractivity contribution is 5.91. The van der Waals surface area contributed by atoms with E-state index in [1.165, 1.54) is 16.7 Å². The summed E-state index contributed by atoms with van der Waals surface area (Å²) in [4.78, 5) is 7.02. The number of hydrogen-bond acceptors (Lipinski definition) is 0. The van der Waals surface area contributed by atoms with Crippen molar-refractivity contribution in [1.82, 2.24) is 4.68 Å². The summed E-state index contributed by atoms with van der Waals surface area (Å²) >= 11 is 0. The van der Waals surface area contributed by atoms with E-state index >= 15 is 0 Å². The second-order valence-corrected chi connectivity index (χ2v) is 6.37. The molecule has 3 aromatic carbocycles. The molecule has 0 N–H and O–H groups in total. The van der Waals surface area contributed by atoms with E-state index in [0.29, 0.717) is 11.4 Å². The molecule has 0 unspecified atom stereocenters. The van der Waals surface area contributed by atoms with Gasteiger partial charge >= 0.3 is 0 Å². The Morgan fingerprint density at radius 3 is 2.38 bits per heavy atom. The summed E-state index contributed by atoms with van der Waals surface area (Å²) < 4.78 is 4.30. The molecule has 120 valence electrons. The van der Waals surface area contributed by atoms with Crippen molar-refractivity contribution in [2.24, 2.45) is 0 Å². The minimum absolute atomic E-state index is 0.404. The Balaban J connectivity index is 1.76. The molecule has 0 atom stereocenters. The van der Waals surface area contributed by atoms with Crippen LogP contribution in [0.3, 0.4) is 0 Å². The molecule has 0 amide bonds. The van der Waals surface area contributed by atoms with E-state index < -0.39 is 0 Å². The lowest BCUT2D eigenvalue weighted by atomic mass is 10.0. The summed E-state index contributed by atoms with van der Waals surface area (Å²) in [7, 11) is 0. The Bertz CT molecular complexity index is 1270.